The van der Waals surface area contributed by atoms with Gasteiger partial charge in [0.1, 0.15) is 0 Å². The fraction of sp³-hybridized carbons (Fsp3) is 0.280. The monoisotopic (exact) mass is 416 g/mol. The van der Waals surface area contributed by atoms with E-state index in [4.69, 9.17) is 9.72 Å². The first-order chi connectivity index (χ1) is 14.7. The molecule has 0 aliphatic carbocycles. The van der Waals surface area contributed by atoms with Gasteiger partial charge in [-0.15, -0.1) is 0 Å². The van der Waals surface area contributed by atoms with Crippen LogP contribution in [0.1, 0.15) is 24.0 Å². The van der Waals surface area contributed by atoms with Gasteiger partial charge >= 0.3 is 0 Å². The molecule has 1 fully saturated rings. The minimum atomic E-state index is 0.0673. The number of hydrogen-bond acceptors (Lipinski definition) is 4. The van der Waals surface area contributed by atoms with E-state index >= 15 is 0 Å². The molecule has 0 N–H and O–H groups in total. The second kappa shape index (κ2) is 8.17. The van der Waals surface area contributed by atoms with Crippen LogP contribution < -0.4 is 4.90 Å². The lowest BCUT2D eigenvalue weighted by atomic mass is 10.0. The predicted molar refractivity (Wildman–Crippen MR) is 123 cm³/mol. The molecule has 1 saturated heterocycles. The quantitative estimate of drug-likeness (QED) is 0.431. The lowest BCUT2D eigenvalue weighted by Crippen LogP contribution is -2.38. The number of carbonyl (C=O) groups is 1. The molecule has 4 aromatic rings. The molecule has 30 heavy (non-hydrogen) atoms. The first-order valence-corrected chi connectivity index (χ1v) is 11.2. The average Bonchev–Trinajstić information content (AvgIpc) is 3.41. The Morgan fingerprint density at radius 1 is 1.17 bits per heavy atom. The smallest absolute Gasteiger partial charge is 0.233 e. The van der Waals surface area contributed by atoms with Gasteiger partial charge in [-0.3, -0.25) is 9.69 Å². The lowest BCUT2D eigenvalue weighted by Gasteiger charge is -2.23. The summed E-state index contributed by atoms with van der Waals surface area (Å²) in [7, 11) is 0. The molecular formula is C25H24N2O2S. The summed E-state index contributed by atoms with van der Waals surface area (Å²) in [6.45, 7) is 3.41. The molecule has 4 nitrogen and oxygen atoms in total. The number of aryl methyl sites for hydroxylation is 1. The maximum absolute atomic E-state index is 13.5. The maximum Gasteiger partial charge on any atom is 0.233 e. The number of benzene rings is 3. The number of amides is 1. The Balaban J connectivity index is 1.49. The van der Waals surface area contributed by atoms with Gasteiger partial charge in [-0.2, -0.15) is 0 Å². The highest BCUT2D eigenvalue weighted by Gasteiger charge is 2.26. The molecule has 0 saturated carbocycles. The molecule has 1 aromatic heterocycles. The summed E-state index contributed by atoms with van der Waals surface area (Å²) in [4.78, 5) is 20.2. The van der Waals surface area contributed by atoms with Gasteiger partial charge in [0.15, 0.2) is 5.13 Å². The summed E-state index contributed by atoms with van der Waals surface area (Å²) in [6, 6.07) is 20.6. The van der Waals surface area contributed by atoms with E-state index in [-0.39, 0.29) is 12.0 Å². The van der Waals surface area contributed by atoms with Crippen molar-refractivity contribution < 1.29 is 9.53 Å². The van der Waals surface area contributed by atoms with E-state index < -0.39 is 0 Å². The van der Waals surface area contributed by atoms with Crippen LogP contribution in [0.3, 0.4) is 0 Å². The van der Waals surface area contributed by atoms with Gasteiger partial charge in [0.05, 0.1) is 29.3 Å². The Bertz CT molecular complexity index is 1200. The minimum Gasteiger partial charge on any atom is -0.376 e. The molecule has 5 heteroatoms. The lowest BCUT2D eigenvalue weighted by molar-refractivity contribution is -0.118. The second-order valence-corrected chi connectivity index (χ2v) is 8.93. The third kappa shape index (κ3) is 3.83. The van der Waals surface area contributed by atoms with Crippen LogP contribution in [0, 0.1) is 6.92 Å². The first kappa shape index (κ1) is 19.2. The highest BCUT2D eigenvalue weighted by molar-refractivity contribution is 7.22. The van der Waals surface area contributed by atoms with Crippen LogP contribution in [0.2, 0.25) is 0 Å². The summed E-state index contributed by atoms with van der Waals surface area (Å²) in [6.07, 6.45) is 2.47. The van der Waals surface area contributed by atoms with Crippen molar-refractivity contribution in [2.45, 2.75) is 32.3 Å². The molecule has 2 heterocycles. The Kier molecular flexibility index (Phi) is 5.23. The van der Waals surface area contributed by atoms with Crippen molar-refractivity contribution in [3.8, 4) is 0 Å². The van der Waals surface area contributed by atoms with Gasteiger partial charge in [0, 0.05) is 6.61 Å². The summed E-state index contributed by atoms with van der Waals surface area (Å²) in [5.74, 6) is 0.0673. The van der Waals surface area contributed by atoms with Crippen molar-refractivity contribution >= 4 is 43.4 Å². The SMILES string of the molecule is Cc1ccc2nc(N(CC3CCCO3)C(=O)Cc3cccc4ccccc34)sc2c1. The standard InChI is InChI=1S/C25H24N2O2S/c1-17-11-12-22-23(14-17)30-25(26-22)27(16-20-9-5-13-29-20)24(28)15-19-8-4-7-18-6-2-3-10-21(18)19/h2-4,6-8,10-12,14,20H,5,9,13,15-16H2,1H3. The largest absolute Gasteiger partial charge is 0.376 e. The maximum atomic E-state index is 13.5. The number of rotatable bonds is 5. The van der Waals surface area contributed by atoms with E-state index in [2.05, 4.69) is 37.3 Å². The van der Waals surface area contributed by atoms with E-state index in [1.807, 2.05) is 35.2 Å². The Labute approximate surface area is 180 Å². The second-order valence-electron chi connectivity index (χ2n) is 7.92. The zero-order chi connectivity index (χ0) is 20.5. The van der Waals surface area contributed by atoms with Crippen LogP contribution in [0.5, 0.6) is 0 Å². The number of ether oxygens (including phenoxy) is 1. The summed E-state index contributed by atoms with van der Waals surface area (Å²) >= 11 is 1.58. The van der Waals surface area contributed by atoms with Crippen molar-refractivity contribution in [3.05, 3.63) is 71.8 Å². The van der Waals surface area contributed by atoms with Crippen LogP contribution >= 0.6 is 11.3 Å². The molecule has 0 spiro atoms. The zero-order valence-electron chi connectivity index (χ0n) is 17.0. The predicted octanol–water partition coefficient (Wildman–Crippen LogP) is 5.51. The number of carbonyl (C=O) groups excluding carboxylic acids is 1. The first-order valence-electron chi connectivity index (χ1n) is 10.4. The van der Waals surface area contributed by atoms with Gasteiger partial charge in [-0.05, 0) is 53.8 Å². The van der Waals surface area contributed by atoms with E-state index in [1.54, 1.807) is 11.3 Å². The molecule has 152 valence electrons. The Morgan fingerprint density at radius 2 is 2.03 bits per heavy atom. The van der Waals surface area contributed by atoms with E-state index in [9.17, 15) is 4.79 Å². The summed E-state index contributed by atoms with van der Waals surface area (Å²) in [5.41, 5.74) is 3.19. The van der Waals surface area contributed by atoms with Crippen LogP contribution in [0.15, 0.2) is 60.7 Å². The number of fused-ring (bicyclic) bond motifs is 2. The Morgan fingerprint density at radius 3 is 2.90 bits per heavy atom. The molecule has 1 atom stereocenters. The van der Waals surface area contributed by atoms with Crippen molar-refractivity contribution in [3.63, 3.8) is 0 Å². The number of aromatic nitrogens is 1. The number of anilines is 1. The van der Waals surface area contributed by atoms with Crippen LogP contribution in [0.4, 0.5) is 5.13 Å². The topological polar surface area (TPSA) is 42.4 Å². The fourth-order valence-corrected chi connectivity index (χ4v) is 5.21. The summed E-state index contributed by atoms with van der Waals surface area (Å²) in [5, 5.41) is 3.05. The van der Waals surface area contributed by atoms with Gasteiger partial charge in [-0.1, -0.05) is 59.9 Å². The number of thiazole rings is 1. The van der Waals surface area contributed by atoms with Crippen LogP contribution in [0.25, 0.3) is 21.0 Å². The Hall–Kier alpha value is -2.76. The molecule has 3 aromatic carbocycles. The fourth-order valence-electron chi connectivity index (χ4n) is 4.12. The molecule has 0 radical (unpaired) electrons. The number of hydrogen-bond donors (Lipinski definition) is 0. The third-order valence-corrected chi connectivity index (χ3v) is 6.74. The van der Waals surface area contributed by atoms with Crippen molar-refractivity contribution in [1.29, 1.82) is 0 Å². The van der Waals surface area contributed by atoms with Crippen molar-refractivity contribution in [2.75, 3.05) is 18.1 Å². The zero-order valence-corrected chi connectivity index (χ0v) is 17.8. The molecule has 1 amide bonds. The highest BCUT2D eigenvalue weighted by Crippen LogP contribution is 2.31. The van der Waals surface area contributed by atoms with Gasteiger partial charge in [0.2, 0.25) is 5.91 Å². The van der Waals surface area contributed by atoms with Crippen LogP contribution in [-0.4, -0.2) is 30.1 Å². The van der Waals surface area contributed by atoms with E-state index in [0.29, 0.717) is 13.0 Å². The van der Waals surface area contributed by atoms with Crippen molar-refractivity contribution in [1.82, 2.24) is 4.98 Å². The highest BCUT2D eigenvalue weighted by atomic mass is 32.1. The third-order valence-electron chi connectivity index (χ3n) is 5.70. The summed E-state index contributed by atoms with van der Waals surface area (Å²) < 4.78 is 6.96. The van der Waals surface area contributed by atoms with Crippen LogP contribution in [-0.2, 0) is 16.0 Å². The number of nitrogens with zero attached hydrogens (tertiary/aromatic N) is 2. The van der Waals surface area contributed by atoms with E-state index in [0.717, 1.165) is 51.1 Å². The molecule has 1 aliphatic heterocycles. The molecule has 0 bridgehead atoms. The molecule has 5 rings (SSSR count). The molecular weight excluding hydrogens is 392 g/mol. The van der Waals surface area contributed by atoms with Gasteiger partial charge < -0.3 is 4.74 Å². The van der Waals surface area contributed by atoms with Gasteiger partial charge in [0.25, 0.3) is 0 Å². The molecule has 1 unspecified atom stereocenters. The minimum absolute atomic E-state index is 0.0673. The molecule has 1 aliphatic rings. The van der Waals surface area contributed by atoms with E-state index in [1.165, 1.54) is 5.56 Å². The van der Waals surface area contributed by atoms with Gasteiger partial charge in [-0.25, -0.2) is 4.98 Å². The van der Waals surface area contributed by atoms with Crippen molar-refractivity contribution in [2.24, 2.45) is 0 Å². The average molecular weight is 417 g/mol. The normalized spacial score (nSPS) is 16.4.